The van der Waals surface area contributed by atoms with Crippen LogP contribution in [0.15, 0.2) is 49.3 Å². The molecular weight excluding hydrogens is 484 g/mol. The van der Waals surface area contributed by atoms with Crippen LogP contribution < -0.4 is 16.4 Å². The Morgan fingerprint density at radius 3 is 2.92 bits per heavy atom. The van der Waals surface area contributed by atoms with Gasteiger partial charge in [0.25, 0.3) is 0 Å². The van der Waals surface area contributed by atoms with E-state index in [0.29, 0.717) is 35.8 Å². The lowest BCUT2D eigenvalue weighted by atomic mass is 10.1. The lowest BCUT2D eigenvalue weighted by molar-refractivity contribution is -0.0289. The molecule has 2 amide bonds. The summed E-state index contributed by atoms with van der Waals surface area (Å²) >= 11 is 1.50. The van der Waals surface area contributed by atoms with Crippen LogP contribution in [0.3, 0.4) is 0 Å². The number of aromatic nitrogens is 5. The molecule has 36 heavy (non-hydrogen) atoms. The molecule has 188 valence electrons. The van der Waals surface area contributed by atoms with Crippen LogP contribution in [0.4, 0.5) is 10.6 Å². The van der Waals surface area contributed by atoms with Crippen molar-refractivity contribution in [2.24, 2.45) is 0 Å². The molecule has 0 spiro atoms. The third-order valence-corrected chi connectivity index (χ3v) is 7.03. The highest BCUT2D eigenvalue weighted by Gasteiger charge is 2.44. The first-order valence-corrected chi connectivity index (χ1v) is 12.5. The molecular formula is C23H26N8O4S. The Bertz CT molecular complexity index is 1370. The van der Waals surface area contributed by atoms with Crippen LogP contribution in [0.2, 0.25) is 0 Å². The van der Waals surface area contributed by atoms with Gasteiger partial charge in [-0.15, -0.1) is 0 Å². The highest BCUT2D eigenvalue weighted by molar-refractivity contribution is 7.99. The first kappa shape index (κ1) is 24.2. The van der Waals surface area contributed by atoms with Crippen molar-refractivity contribution in [3.8, 4) is 0 Å². The smallest absolute Gasteiger partial charge is 0.315 e. The third-order valence-electron chi connectivity index (χ3n) is 5.97. The van der Waals surface area contributed by atoms with Gasteiger partial charge < -0.3 is 31.3 Å². The van der Waals surface area contributed by atoms with Crippen molar-refractivity contribution in [2.45, 2.75) is 31.1 Å². The average molecular weight is 511 g/mol. The number of carbonyl (C=O) groups is 1. The fraction of sp³-hybridized carbons (Fsp3) is 0.348. The summed E-state index contributed by atoms with van der Waals surface area (Å²) in [5.41, 5.74) is 7.65. The van der Waals surface area contributed by atoms with Gasteiger partial charge in [-0.2, -0.15) is 11.8 Å². The van der Waals surface area contributed by atoms with E-state index in [1.807, 2.05) is 24.3 Å². The van der Waals surface area contributed by atoms with E-state index < -0.39 is 24.5 Å². The quantitative estimate of drug-likeness (QED) is 0.213. The number of rotatable bonds is 8. The zero-order chi connectivity index (χ0) is 25.1. The van der Waals surface area contributed by atoms with Crippen molar-refractivity contribution in [1.29, 1.82) is 0 Å². The maximum absolute atomic E-state index is 12.1. The van der Waals surface area contributed by atoms with Crippen LogP contribution >= 0.6 is 11.8 Å². The number of nitrogens with one attached hydrogen (secondary N) is 2. The number of aliphatic hydroxyl groups is 2. The summed E-state index contributed by atoms with van der Waals surface area (Å²) in [5, 5.41) is 28.8. The van der Waals surface area contributed by atoms with Crippen LogP contribution in [0.5, 0.6) is 0 Å². The first-order chi connectivity index (χ1) is 17.5. The largest absolute Gasteiger partial charge is 0.387 e. The highest BCUT2D eigenvalue weighted by Crippen LogP contribution is 2.33. The van der Waals surface area contributed by atoms with Gasteiger partial charge in [0.05, 0.1) is 12.4 Å². The molecule has 1 aromatic carbocycles. The first-order valence-electron chi connectivity index (χ1n) is 11.4. The summed E-state index contributed by atoms with van der Waals surface area (Å²) in [6, 6.07) is 7.64. The molecule has 4 heterocycles. The maximum atomic E-state index is 12.1. The van der Waals surface area contributed by atoms with Crippen LogP contribution in [0, 0.1) is 0 Å². The molecule has 1 saturated heterocycles. The molecule has 1 fully saturated rings. The Labute approximate surface area is 210 Å². The van der Waals surface area contributed by atoms with E-state index >= 15 is 0 Å². The number of nitrogens with zero attached hydrogens (tertiary/aromatic N) is 5. The van der Waals surface area contributed by atoms with Crippen LogP contribution in [-0.2, 0) is 11.3 Å². The SMILES string of the molecule is Nc1ncnc2c1ncn2[C@@H]1O[C@H](CSCCNC(=O)NCc2ccc3cnccc3c2)[C@@H](O)[C@H]1O. The Kier molecular flexibility index (Phi) is 7.13. The molecule has 1 aliphatic heterocycles. The molecule has 1 aliphatic rings. The number of thioether (sulfide) groups is 1. The number of hydrogen-bond donors (Lipinski definition) is 5. The molecule has 0 bridgehead atoms. The van der Waals surface area contributed by atoms with Gasteiger partial charge in [-0.25, -0.2) is 19.7 Å². The van der Waals surface area contributed by atoms with Crippen molar-refractivity contribution in [2.75, 3.05) is 23.8 Å². The predicted molar refractivity (Wildman–Crippen MR) is 135 cm³/mol. The van der Waals surface area contributed by atoms with E-state index in [1.54, 1.807) is 17.0 Å². The Hall–Kier alpha value is -3.52. The minimum absolute atomic E-state index is 0.227. The number of carbonyl (C=O) groups excluding carboxylic acids is 1. The molecule has 0 saturated carbocycles. The summed E-state index contributed by atoms with van der Waals surface area (Å²) in [6.07, 6.45) is 2.65. The molecule has 4 aromatic rings. The molecule has 0 radical (unpaired) electrons. The number of fused-ring (bicyclic) bond motifs is 2. The van der Waals surface area contributed by atoms with Crippen molar-refractivity contribution >= 4 is 45.5 Å². The van der Waals surface area contributed by atoms with Crippen molar-refractivity contribution < 1.29 is 19.7 Å². The standard InChI is InChI=1S/C23H26N8O4S/c24-20-17-21(29-11-28-20)31(12-30-17)22-19(33)18(32)16(35-22)10-36-6-5-26-23(34)27-8-13-1-2-15-9-25-4-3-14(15)7-13/h1-4,7,9,11-12,16,18-19,22,32-33H,5-6,8,10H2,(H2,24,28,29)(H2,26,27,34)/t16-,18-,19-,22-/m1/s1. The number of anilines is 1. The second-order valence-corrected chi connectivity index (χ2v) is 9.52. The number of hydrogen-bond acceptors (Lipinski definition) is 10. The Morgan fingerprint density at radius 2 is 2.03 bits per heavy atom. The van der Waals surface area contributed by atoms with Crippen LogP contribution in [0.25, 0.3) is 21.9 Å². The van der Waals surface area contributed by atoms with E-state index in [1.165, 1.54) is 24.4 Å². The van der Waals surface area contributed by atoms with E-state index in [9.17, 15) is 15.0 Å². The summed E-state index contributed by atoms with van der Waals surface area (Å²) in [6.45, 7) is 0.856. The fourth-order valence-electron chi connectivity index (χ4n) is 4.08. The number of nitrogen functional groups attached to an aromatic ring is 1. The zero-order valence-corrected chi connectivity index (χ0v) is 20.0. The van der Waals surface area contributed by atoms with Gasteiger partial charge in [0.2, 0.25) is 0 Å². The van der Waals surface area contributed by atoms with E-state index in [4.69, 9.17) is 10.5 Å². The molecule has 4 atom stereocenters. The molecule has 12 nitrogen and oxygen atoms in total. The maximum Gasteiger partial charge on any atom is 0.315 e. The van der Waals surface area contributed by atoms with E-state index in [0.717, 1.165) is 16.3 Å². The van der Waals surface area contributed by atoms with E-state index in [2.05, 4.69) is 30.6 Å². The second kappa shape index (κ2) is 10.6. The summed E-state index contributed by atoms with van der Waals surface area (Å²) in [4.78, 5) is 28.5. The zero-order valence-electron chi connectivity index (χ0n) is 19.2. The highest BCUT2D eigenvalue weighted by atomic mass is 32.2. The Balaban J connectivity index is 1.05. The number of aliphatic hydroxyl groups excluding tert-OH is 2. The molecule has 6 N–H and O–H groups in total. The number of nitrogens with two attached hydrogens (primary N) is 1. The number of benzene rings is 1. The molecule has 0 aliphatic carbocycles. The predicted octanol–water partition coefficient (Wildman–Crippen LogP) is 0.808. The van der Waals surface area contributed by atoms with Gasteiger partial charge in [-0.1, -0.05) is 12.1 Å². The van der Waals surface area contributed by atoms with Gasteiger partial charge in [0.1, 0.15) is 24.1 Å². The van der Waals surface area contributed by atoms with Gasteiger partial charge in [0.15, 0.2) is 17.7 Å². The lowest BCUT2D eigenvalue weighted by Crippen LogP contribution is -2.36. The number of amides is 2. The summed E-state index contributed by atoms with van der Waals surface area (Å²) in [5.74, 6) is 1.28. The minimum atomic E-state index is -1.15. The van der Waals surface area contributed by atoms with E-state index in [-0.39, 0.29) is 11.8 Å². The third kappa shape index (κ3) is 5.04. The number of urea groups is 1. The molecule has 5 rings (SSSR count). The van der Waals surface area contributed by atoms with Gasteiger partial charge in [-0.05, 0) is 23.1 Å². The normalized spacial score (nSPS) is 21.7. The fourth-order valence-corrected chi connectivity index (χ4v) is 5.00. The van der Waals surface area contributed by atoms with Crippen LogP contribution in [-0.4, -0.2) is 77.1 Å². The van der Waals surface area contributed by atoms with Crippen molar-refractivity contribution in [3.05, 3.63) is 54.9 Å². The van der Waals surface area contributed by atoms with Crippen LogP contribution in [0.1, 0.15) is 11.8 Å². The van der Waals surface area contributed by atoms with Gasteiger partial charge >= 0.3 is 6.03 Å². The van der Waals surface area contributed by atoms with Gasteiger partial charge in [0, 0.05) is 42.4 Å². The molecule has 3 aromatic heterocycles. The monoisotopic (exact) mass is 510 g/mol. The minimum Gasteiger partial charge on any atom is -0.387 e. The number of imidazole rings is 1. The Morgan fingerprint density at radius 1 is 1.14 bits per heavy atom. The lowest BCUT2D eigenvalue weighted by Gasteiger charge is -2.16. The summed E-state index contributed by atoms with van der Waals surface area (Å²) < 4.78 is 7.47. The second-order valence-electron chi connectivity index (χ2n) is 8.37. The summed E-state index contributed by atoms with van der Waals surface area (Å²) in [7, 11) is 0. The molecule has 0 unspecified atom stereocenters. The topological polar surface area (TPSA) is 173 Å². The van der Waals surface area contributed by atoms with Crippen molar-refractivity contribution in [3.63, 3.8) is 0 Å². The molecule has 13 heteroatoms. The number of pyridine rings is 1. The average Bonchev–Trinajstić information content (AvgIpc) is 3.44. The van der Waals surface area contributed by atoms with Crippen molar-refractivity contribution in [1.82, 2.24) is 35.1 Å². The number of ether oxygens (including phenoxy) is 1. The van der Waals surface area contributed by atoms with Gasteiger partial charge in [-0.3, -0.25) is 9.55 Å².